The van der Waals surface area contributed by atoms with Crippen LogP contribution in [0.15, 0.2) is 34.1 Å². The van der Waals surface area contributed by atoms with E-state index in [-0.39, 0.29) is 26.2 Å². The van der Waals surface area contributed by atoms with Crippen LogP contribution in [0.25, 0.3) is 0 Å². The maximum Gasteiger partial charge on any atom is 0.511 e. The van der Waals surface area contributed by atoms with Crippen LogP contribution in [0.5, 0.6) is 0 Å². The van der Waals surface area contributed by atoms with E-state index in [2.05, 4.69) is 29.3 Å². The Kier molecular flexibility index (Phi) is 6.25. The molecule has 0 amide bonds. The first-order valence-corrected chi connectivity index (χ1v) is 12.9. The largest absolute Gasteiger partial charge is 0.511 e. The Labute approximate surface area is 196 Å². The van der Waals surface area contributed by atoms with Crippen molar-refractivity contribution in [2.24, 2.45) is 0 Å². The molecule has 2 aliphatic heterocycles. The Morgan fingerprint density at radius 1 is 1.03 bits per heavy atom. The van der Waals surface area contributed by atoms with Crippen LogP contribution in [-0.4, -0.2) is 58.5 Å². The standard InChI is InChI=1S/C22H27F3N4O2S2/c1-5-15-11-16(27(3)4)12-19-21(15)26-20-14(2)10-17(13-18(20)32-19)28-6-8-29(9-7-28)33(30,31)22(23,24)25/h10-13,26H,5-9H2,1-4H3. The van der Waals surface area contributed by atoms with Crippen molar-refractivity contribution in [2.45, 2.75) is 35.6 Å². The molecule has 2 aliphatic rings. The number of hydrogen-bond donors (Lipinski definition) is 1. The number of piperazine rings is 1. The Bertz CT molecular complexity index is 1180. The average molecular weight is 501 g/mol. The van der Waals surface area contributed by atoms with Crippen LogP contribution in [0.2, 0.25) is 0 Å². The van der Waals surface area contributed by atoms with Crippen LogP contribution in [0.3, 0.4) is 0 Å². The summed E-state index contributed by atoms with van der Waals surface area (Å²) in [4.78, 5) is 6.19. The van der Waals surface area contributed by atoms with Gasteiger partial charge >= 0.3 is 15.5 Å². The number of hydrogen-bond acceptors (Lipinski definition) is 6. The van der Waals surface area contributed by atoms with Gasteiger partial charge in [-0.1, -0.05) is 18.7 Å². The van der Waals surface area contributed by atoms with Crippen molar-refractivity contribution in [3.63, 3.8) is 0 Å². The second-order valence-electron chi connectivity index (χ2n) is 8.43. The Hall–Kier alpha value is -2.11. The molecule has 0 unspecified atom stereocenters. The minimum absolute atomic E-state index is 0.196. The summed E-state index contributed by atoms with van der Waals surface area (Å²) in [5.74, 6) is 0. The fourth-order valence-electron chi connectivity index (χ4n) is 4.15. The van der Waals surface area contributed by atoms with Gasteiger partial charge in [0.25, 0.3) is 0 Å². The van der Waals surface area contributed by atoms with Crippen molar-refractivity contribution < 1.29 is 21.6 Å². The molecule has 0 spiro atoms. The van der Waals surface area contributed by atoms with E-state index in [1.54, 1.807) is 11.8 Å². The van der Waals surface area contributed by atoms with E-state index in [0.29, 0.717) is 4.31 Å². The van der Waals surface area contributed by atoms with Crippen LogP contribution in [0, 0.1) is 6.92 Å². The molecule has 180 valence electrons. The second kappa shape index (κ2) is 8.59. The molecule has 1 fully saturated rings. The lowest BCUT2D eigenvalue weighted by atomic mass is 10.1. The molecule has 1 saturated heterocycles. The highest BCUT2D eigenvalue weighted by Crippen LogP contribution is 2.49. The third-order valence-corrected chi connectivity index (χ3v) is 8.77. The molecule has 2 aromatic rings. The lowest BCUT2D eigenvalue weighted by Gasteiger charge is -2.36. The fraction of sp³-hybridized carbons (Fsp3) is 0.455. The first kappa shape index (κ1) is 24.0. The smallest absolute Gasteiger partial charge is 0.378 e. The second-order valence-corrected chi connectivity index (χ2v) is 11.4. The Morgan fingerprint density at radius 3 is 2.24 bits per heavy atom. The Balaban J connectivity index is 1.59. The van der Waals surface area contributed by atoms with Gasteiger partial charge < -0.3 is 15.1 Å². The van der Waals surface area contributed by atoms with Crippen molar-refractivity contribution in [1.82, 2.24) is 4.31 Å². The van der Waals surface area contributed by atoms with Gasteiger partial charge in [-0.25, -0.2) is 8.42 Å². The predicted octanol–water partition coefficient (Wildman–Crippen LogP) is 4.80. The van der Waals surface area contributed by atoms with Gasteiger partial charge in [-0.3, -0.25) is 0 Å². The lowest BCUT2D eigenvalue weighted by Crippen LogP contribution is -2.52. The highest BCUT2D eigenvalue weighted by Gasteiger charge is 2.50. The summed E-state index contributed by atoms with van der Waals surface area (Å²) >= 11 is 1.67. The molecule has 0 aromatic heterocycles. The van der Waals surface area contributed by atoms with Crippen molar-refractivity contribution in [3.8, 4) is 0 Å². The summed E-state index contributed by atoms with van der Waals surface area (Å²) in [7, 11) is -1.27. The third kappa shape index (κ3) is 4.38. The molecule has 0 saturated carbocycles. The van der Waals surface area contributed by atoms with Gasteiger partial charge in [0.05, 0.1) is 11.4 Å². The number of anilines is 4. The average Bonchev–Trinajstić information content (AvgIpc) is 2.76. The van der Waals surface area contributed by atoms with Gasteiger partial charge in [0.2, 0.25) is 0 Å². The number of fused-ring (bicyclic) bond motifs is 2. The summed E-state index contributed by atoms with van der Waals surface area (Å²) in [5, 5.41) is 3.60. The molecule has 0 radical (unpaired) electrons. The molecule has 0 aliphatic carbocycles. The zero-order chi connectivity index (χ0) is 24.1. The maximum atomic E-state index is 12.9. The first-order valence-electron chi connectivity index (χ1n) is 10.7. The zero-order valence-electron chi connectivity index (χ0n) is 19.0. The SMILES string of the molecule is CCc1cc(N(C)C)cc2c1Nc1c(C)cc(N3CCN(S(=O)(=O)C(F)(F)F)CC3)cc1S2. The van der Waals surface area contributed by atoms with Gasteiger partial charge in [0.15, 0.2) is 0 Å². The molecular weight excluding hydrogens is 473 g/mol. The number of rotatable bonds is 4. The normalized spacial score (nSPS) is 16.8. The molecular formula is C22H27F3N4O2S2. The minimum Gasteiger partial charge on any atom is -0.378 e. The van der Waals surface area contributed by atoms with Gasteiger partial charge in [-0.05, 0) is 48.7 Å². The summed E-state index contributed by atoms with van der Waals surface area (Å²) in [5.41, 5.74) is 1.15. The van der Waals surface area contributed by atoms with E-state index in [4.69, 9.17) is 0 Å². The number of nitrogens with one attached hydrogen (secondary N) is 1. The molecule has 0 bridgehead atoms. The van der Waals surface area contributed by atoms with E-state index >= 15 is 0 Å². The highest BCUT2D eigenvalue weighted by molar-refractivity contribution is 7.99. The van der Waals surface area contributed by atoms with Crippen LogP contribution in [0.1, 0.15) is 18.1 Å². The summed E-state index contributed by atoms with van der Waals surface area (Å²) in [6, 6.07) is 8.38. The summed E-state index contributed by atoms with van der Waals surface area (Å²) < 4.78 is 62.6. The van der Waals surface area contributed by atoms with E-state index in [0.717, 1.165) is 44.5 Å². The summed E-state index contributed by atoms with van der Waals surface area (Å²) in [6.07, 6.45) is 0.898. The quantitative estimate of drug-likeness (QED) is 0.555. The Morgan fingerprint density at radius 2 is 1.67 bits per heavy atom. The minimum atomic E-state index is -5.29. The van der Waals surface area contributed by atoms with E-state index in [1.807, 2.05) is 38.1 Å². The fourth-order valence-corrected chi connectivity index (χ4v) is 6.28. The number of aryl methyl sites for hydroxylation is 2. The first-order chi connectivity index (χ1) is 15.4. The molecule has 2 heterocycles. The molecule has 4 rings (SSSR count). The van der Waals surface area contributed by atoms with Crippen molar-refractivity contribution in [2.75, 3.05) is 55.4 Å². The van der Waals surface area contributed by atoms with E-state index in [9.17, 15) is 21.6 Å². The molecule has 11 heteroatoms. The molecule has 0 atom stereocenters. The number of halogens is 3. The highest BCUT2D eigenvalue weighted by atomic mass is 32.2. The number of sulfonamides is 1. The van der Waals surface area contributed by atoms with Crippen LogP contribution >= 0.6 is 11.8 Å². The van der Waals surface area contributed by atoms with Gasteiger partial charge in [0, 0.05) is 61.4 Å². The van der Waals surface area contributed by atoms with Gasteiger partial charge in [-0.15, -0.1) is 0 Å². The predicted molar refractivity (Wildman–Crippen MR) is 127 cm³/mol. The molecule has 1 N–H and O–H groups in total. The van der Waals surface area contributed by atoms with Crippen LogP contribution < -0.4 is 15.1 Å². The third-order valence-electron chi connectivity index (χ3n) is 6.06. The molecule has 33 heavy (non-hydrogen) atoms. The number of benzene rings is 2. The number of nitrogens with zero attached hydrogens (tertiary/aromatic N) is 3. The van der Waals surface area contributed by atoms with E-state index < -0.39 is 15.5 Å². The maximum absolute atomic E-state index is 12.9. The van der Waals surface area contributed by atoms with Crippen molar-refractivity contribution in [1.29, 1.82) is 0 Å². The lowest BCUT2D eigenvalue weighted by molar-refractivity contribution is -0.0490. The van der Waals surface area contributed by atoms with Gasteiger partial charge in [-0.2, -0.15) is 17.5 Å². The van der Waals surface area contributed by atoms with Gasteiger partial charge in [0.1, 0.15) is 0 Å². The molecule has 6 nitrogen and oxygen atoms in total. The topological polar surface area (TPSA) is 55.9 Å². The summed E-state index contributed by atoms with van der Waals surface area (Å²) in [6.45, 7) is 4.15. The van der Waals surface area contributed by atoms with E-state index in [1.165, 1.54) is 5.56 Å². The van der Waals surface area contributed by atoms with Crippen molar-refractivity contribution in [3.05, 3.63) is 35.4 Å². The number of alkyl halides is 3. The zero-order valence-corrected chi connectivity index (χ0v) is 20.6. The van der Waals surface area contributed by atoms with Crippen LogP contribution in [-0.2, 0) is 16.4 Å². The monoisotopic (exact) mass is 500 g/mol. The molecule has 2 aromatic carbocycles. The van der Waals surface area contributed by atoms with Crippen LogP contribution in [0.4, 0.5) is 35.9 Å². The van der Waals surface area contributed by atoms with Crippen molar-refractivity contribution >= 4 is 44.5 Å².